The third-order valence-corrected chi connectivity index (χ3v) is 4.67. The van der Waals surface area contributed by atoms with Crippen molar-refractivity contribution in [2.24, 2.45) is 7.05 Å². The van der Waals surface area contributed by atoms with Crippen molar-refractivity contribution < 1.29 is 9.84 Å². The predicted octanol–water partition coefficient (Wildman–Crippen LogP) is 2.22. The van der Waals surface area contributed by atoms with Crippen molar-refractivity contribution in [1.29, 1.82) is 0 Å². The lowest BCUT2D eigenvalue weighted by Gasteiger charge is -2.24. The Hall–Kier alpha value is -2.11. The van der Waals surface area contributed by atoms with Crippen LogP contribution in [0.2, 0.25) is 0 Å². The standard InChI is InChI=1S/C19H25N3O2/c1-4-11-24-18-16(14(2)21-22(18)3)12-20-13-19(23)10-9-15-7-5-6-8-17(15)19/h4-8,20,23H,1,9-13H2,2-3H3. The minimum Gasteiger partial charge on any atom is -0.473 e. The molecule has 1 aromatic heterocycles. The van der Waals surface area contributed by atoms with E-state index in [1.165, 1.54) is 5.56 Å². The predicted molar refractivity (Wildman–Crippen MR) is 94.0 cm³/mol. The van der Waals surface area contributed by atoms with Crippen molar-refractivity contribution in [3.63, 3.8) is 0 Å². The van der Waals surface area contributed by atoms with Crippen LogP contribution in [0, 0.1) is 6.92 Å². The lowest BCUT2D eigenvalue weighted by Crippen LogP contribution is -2.36. The fraction of sp³-hybridized carbons (Fsp3) is 0.421. The number of nitrogens with zero attached hydrogens (tertiary/aromatic N) is 2. The highest BCUT2D eigenvalue weighted by molar-refractivity contribution is 5.37. The van der Waals surface area contributed by atoms with Crippen LogP contribution in [0.3, 0.4) is 0 Å². The first-order valence-electron chi connectivity index (χ1n) is 8.33. The third-order valence-electron chi connectivity index (χ3n) is 4.67. The van der Waals surface area contributed by atoms with Crippen LogP contribution >= 0.6 is 0 Å². The van der Waals surface area contributed by atoms with Crippen LogP contribution in [0.1, 0.15) is 28.8 Å². The molecule has 2 N–H and O–H groups in total. The summed E-state index contributed by atoms with van der Waals surface area (Å²) < 4.78 is 7.47. The highest BCUT2D eigenvalue weighted by Crippen LogP contribution is 2.36. The summed E-state index contributed by atoms with van der Waals surface area (Å²) in [7, 11) is 1.87. The Kier molecular flexibility index (Phi) is 4.73. The van der Waals surface area contributed by atoms with Gasteiger partial charge in [-0.25, -0.2) is 4.68 Å². The molecular weight excluding hydrogens is 302 g/mol. The molecule has 3 rings (SSSR count). The molecule has 1 heterocycles. The van der Waals surface area contributed by atoms with Crippen LogP contribution in [0.25, 0.3) is 0 Å². The molecule has 24 heavy (non-hydrogen) atoms. The molecule has 1 aliphatic carbocycles. The van der Waals surface area contributed by atoms with Gasteiger partial charge >= 0.3 is 0 Å². The van der Waals surface area contributed by atoms with Gasteiger partial charge in [-0.1, -0.05) is 36.9 Å². The van der Waals surface area contributed by atoms with Gasteiger partial charge in [-0.15, -0.1) is 0 Å². The summed E-state index contributed by atoms with van der Waals surface area (Å²) in [5.74, 6) is 0.749. The number of hydrogen-bond donors (Lipinski definition) is 2. The summed E-state index contributed by atoms with van der Waals surface area (Å²) in [4.78, 5) is 0. The van der Waals surface area contributed by atoms with Crippen molar-refractivity contribution in [3.8, 4) is 5.88 Å². The molecule has 0 aliphatic heterocycles. The minimum absolute atomic E-state index is 0.448. The third kappa shape index (κ3) is 3.09. The molecule has 1 unspecified atom stereocenters. The normalized spacial score (nSPS) is 19.3. The first-order valence-corrected chi connectivity index (χ1v) is 8.33. The van der Waals surface area contributed by atoms with E-state index >= 15 is 0 Å². The van der Waals surface area contributed by atoms with Crippen LogP contribution in [0.4, 0.5) is 0 Å². The average molecular weight is 327 g/mol. The molecule has 1 aromatic carbocycles. The van der Waals surface area contributed by atoms with E-state index in [1.807, 2.05) is 32.2 Å². The van der Waals surface area contributed by atoms with E-state index in [9.17, 15) is 5.11 Å². The zero-order chi connectivity index (χ0) is 17.2. The van der Waals surface area contributed by atoms with Crippen LogP contribution in [-0.4, -0.2) is 28.0 Å². The lowest BCUT2D eigenvalue weighted by molar-refractivity contribution is 0.0384. The lowest BCUT2D eigenvalue weighted by atomic mass is 9.96. The van der Waals surface area contributed by atoms with Crippen LogP contribution in [0.15, 0.2) is 36.9 Å². The molecule has 0 fully saturated rings. The minimum atomic E-state index is -0.797. The fourth-order valence-corrected chi connectivity index (χ4v) is 3.45. The molecule has 2 aromatic rings. The summed E-state index contributed by atoms with van der Waals surface area (Å²) in [6, 6.07) is 8.14. The number of fused-ring (bicyclic) bond motifs is 1. The van der Waals surface area contributed by atoms with E-state index in [2.05, 4.69) is 23.1 Å². The summed E-state index contributed by atoms with van der Waals surface area (Å²) in [6.07, 6.45) is 3.40. The second-order valence-corrected chi connectivity index (χ2v) is 6.38. The molecule has 0 spiro atoms. The Labute approximate surface area is 143 Å². The van der Waals surface area contributed by atoms with Gasteiger partial charge < -0.3 is 15.2 Å². The van der Waals surface area contributed by atoms with Gasteiger partial charge in [0.25, 0.3) is 0 Å². The summed E-state index contributed by atoms with van der Waals surface area (Å²) >= 11 is 0. The second kappa shape index (κ2) is 6.79. The Morgan fingerprint density at radius 1 is 1.46 bits per heavy atom. The number of aryl methyl sites for hydroxylation is 3. The van der Waals surface area contributed by atoms with E-state index in [0.29, 0.717) is 19.7 Å². The maximum absolute atomic E-state index is 11.0. The molecule has 0 saturated heterocycles. The van der Waals surface area contributed by atoms with E-state index in [0.717, 1.165) is 35.5 Å². The largest absolute Gasteiger partial charge is 0.473 e. The van der Waals surface area contributed by atoms with Gasteiger partial charge in [0.05, 0.1) is 11.3 Å². The van der Waals surface area contributed by atoms with Crippen LogP contribution in [-0.2, 0) is 25.6 Å². The Bertz CT molecular complexity index is 738. The molecule has 1 atom stereocenters. The van der Waals surface area contributed by atoms with Gasteiger partial charge in [0.2, 0.25) is 5.88 Å². The number of aromatic nitrogens is 2. The molecule has 1 aliphatic rings. The fourth-order valence-electron chi connectivity index (χ4n) is 3.45. The Morgan fingerprint density at radius 3 is 3.04 bits per heavy atom. The number of nitrogens with one attached hydrogen (secondary N) is 1. The average Bonchev–Trinajstić information content (AvgIpc) is 3.04. The number of ether oxygens (including phenoxy) is 1. The number of benzene rings is 1. The van der Waals surface area contributed by atoms with Gasteiger partial charge in [-0.2, -0.15) is 5.10 Å². The number of rotatable bonds is 7. The first kappa shape index (κ1) is 16.7. The maximum Gasteiger partial charge on any atom is 0.216 e. The highest BCUT2D eigenvalue weighted by atomic mass is 16.5. The molecule has 0 bridgehead atoms. The molecule has 5 heteroatoms. The van der Waals surface area contributed by atoms with E-state index in [4.69, 9.17) is 4.74 Å². The quantitative estimate of drug-likeness (QED) is 0.766. The van der Waals surface area contributed by atoms with Gasteiger partial charge in [0, 0.05) is 20.1 Å². The van der Waals surface area contributed by atoms with Crippen molar-refractivity contribution in [3.05, 3.63) is 59.3 Å². The second-order valence-electron chi connectivity index (χ2n) is 6.38. The number of aliphatic hydroxyl groups is 1. The summed E-state index contributed by atoms with van der Waals surface area (Å²) in [5, 5.41) is 18.8. The van der Waals surface area contributed by atoms with Gasteiger partial charge in [-0.3, -0.25) is 0 Å². The number of hydrogen-bond acceptors (Lipinski definition) is 4. The zero-order valence-electron chi connectivity index (χ0n) is 14.4. The molecule has 128 valence electrons. The van der Waals surface area contributed by atoms with Crippen LogP contribution in [0.5, 0.6) is 5.88 Å². The molecule has 0 radical (unpaired) electrons. The maximum atomic E-state index is 11.0. The van der Waals surface area contributed by atoms with E-state index in [-0.39, 0.29) is 0 Å². The van der Waals surface area contributed by atoms with Crippen LogP contribution < -0.4 is 10.1 Å². The zero-order valence-corrected chi connectivity index (χ0v) is 14.4. The Morgan fingerprint density at radius 2 is 2.25 bits per heavy atom. The summed E-state index contributed by atoms with van der Waals surface area (Å²) in [6.45, 7) is 7.22. The van der Waals surface area contributed by atoms with E-state index < -0.39 is 5.60 Å². The SMILES string of the molecule is C=CCOc1c(CNCC2(O)CCc3ccccc32)c(C)nn1C. The van der Waals surface area contributed by atoms with Gasteiger partial charge in [0.15, 0.2) is 0 Å². The van der Waals surface area contributed by atoms with Gasteiger partial charge in [-0.05, 0) is 30.9 Å². The monoisotopic (exact) mass is 327 g/mol. The first-order chi connectivity index (χ1) is 11.5. The van der Waals surface area contributed by atoms with Crippen molar-refractivity contribution in [2.45, 2.75) is 31.9 Å². The van der Waals surface area contributed by atoms with Gasteiger partial charge in [0.1, 0.15) is 12.2 Å². The van der Waals surface area contributed by atoms with Crippen molar-refractivity contribution >= 4 is 0 Å². The molecule has 5 nitrogen and oxygen atoms in total. The molecule has 0 amide bonds. The van der Waals surface area contributed by atoms with E-state index in [1.54, 1.807) is 10.8 Å². The smallest absolute Gasteiger partial charge is 0.216 e. The summed E-state index contributed by atoms with van der Waals surface area (Å²) in [5.41, 5.74) is 3.45. The topological polar surface area (TPSA) is 59.3 Å². The van der Waals surface area contributed by atoms with Crippen molar-refractivity contribution in [1.82, 2.24) is 15.1 Å². The molecule has 0 saturated carbocycles. The highest BCUT2D eigenvalue weighted by Gasteiger charge is 2.36. The molecular formula is C19H25N3O2. The Balaban J connectivity index is 1.68. The van der Waals surface area contributed by atoms with Crippen molar-refractivity contribution in [2.75, 3.05) is 13.2 Å².